The first kappa shape index (κ1) is 22.9. The maximum Gasteiger partial charge on any atom is 0.0701 e. The van der Waals surface area contributed by atoms with Gasteiger partial charge >= 0.3 is 0 Å². The Morgan fingerprint density at radius 2 is 1.17 bits per heavy atom. The monoisotopic (exact) mass is 398 g/mol. The summed E-state index contributed by atoms with van der Waals surface area (Å²) in [5.74, 6) is 0. The third kappa shape index (κ3) is 11.2. The van der Waals surface area contributed by atoms with Crippen LogP contribution >= 0.6 is 0 Å². The molecule has 7 nitrogen and oxygen atoms in total. The zero-order valence-electron chi connectivity index (χ0n) is 16.9. The fourth-order valence-corrected chi connectivity index (χ4v) is 2.78. The first-order valence-electron chi connectivity index (χ1n) is 9.93. The van der Waals surface area contributed by atoms with Gasteiger partial charge in [0.1, 0.15) is 0 Å². The molecule has 0 bridgehead atoms. The third-order valence-corrected chi connectivity index (χ3v) is 4.19. The molecule has 0 aliphatic rings. The zero-order valence-corrected chi connectivity index (χ0v) is 16.9. The quantitative estimate of drug-likeness (QED) is 0.185. The Morgan fingerprint density at radius 3 is 1.69 bits per heavy atom. The van der Waals surface area contributed by atoms with Crippen LogP contribution in [0.3, 0.4) is 0 Å². The molecule has 0 radical (unpaired) electrons. The van der Waals surface area contributed by atoms with Crippen molar-refractivity contribution in [1.82, 2.24) is 4.90 Å². The smallest absolute Gasteiger partial charge is 0.0701 e. The molecule has 0 aromatic heterocycles. The first-order valence-corrected chi connectivity index (χ1v) is 9.93. The topological polar surface area (TPSA) is 79.7 Å². The van der Waals surface area contributed by atoms with Gasteiger partial charge in [-0.2, -0.15) is 0 Å². The molecule has 0 amide bonds. The third-order valence-electron chi connectivity index (χ3n) is 4.19. The van der Waals surface area contributed by atoms with E-state index in [1.807, 2.05) is 12.1 Å². The summed E-state index contributed by atoms with van der Waals surface area (Å²) >= 11 is 0. The van der Waals surface area contributed by atoms with Gasteiger partial charge in [0, 0.05) is 31.1 Å². The summed E-state index contributed by atoms with van der Waals surface area (Å²) in [5.41, 5.74) is 10.7. The van der Waals surface area contributed by atoms with Crippen LogP contribution in [0.4, 0.5) is 0 Å². The Labute approximate surface area is 172 Å². The molecule has 0 aliphatic heterocycles. The summed E-state index contributed by atoms with van der Waals surface area (Å²) < 4.78 is 16.5. The molecule has 156 valence electrons. The Bertz CT molecular complexity index is 652. The molecule has 0 saturated carbocycles. The maximum absolute atomic E-state index is 8.15. The molecule has 0 aliphatic carbocycles. The van der Waals surface area contributed by atoms with Gasteiger partial charge in [0.2, 0.25) is 0 Å². The number of hydrogen-bond donors (Lipinski definition) is 0. The second-order valence-electron chi connectivity index (χ2n) is 6.47. The molecule has 29 heavy (non-hydrogen) atoms. The van der Waals surface area contributed by atoms with Crippen LogP contribution in [0.5, 0.6) is 0 Å². The van der Waals surface area contributed by atoms with E-state index in [2.05, 4.69) is 63.5 Å². The minimum atomic E-state index is 0.349. The van der Waals surface area contributed by atoms with Crippen LogP contribution in [0.2, 0.25) is 0 Å². The molecular formula is C22H30N4O3. The van der Waals surface area contributed by atoms with E-state index in [1.54, 1.807) is 0 Å². The number of ether oxygens (including phenoxy) is 3. The molecule has 0 saturated heterocycles. The SMILES string of the molecule is [N-]=[N+]=NCCOCCOCCOCCN(Cc1ccccc1)Cc1ccccc1. The van der Waals surface area contributed by atoms with Crippen LogP contribution in [0, 0.1) is 0 Å². The van der Waals surface area contributed by atoms with Gasteiger partial charge in [0.15, 0.2) is 0 Å². The average molecular weight is 399 g/mol. The van der Waals surface area contributed by atoms with Gasteiger partial charge in [-0.05, 0) is 16.7 Å². The van der Waals surface area contributed by atoms with Gasteiger partial charge < -0.3 is 14.2 Å². The van der Waals surface area contributed by atoms with Crippen LogP contribution in [0.25, 0.3) is 10.4 Å². The second kappa shape index (κ2) is 15.5. The van der Waals surface area contributed by atoms with Crippen molar-refractivity contribution < 1.29 is 14.2 Å². The molecule has 7 heteroatoms. The molecular weight excluding hydrogens is 368 g/mol. The Morgan fingerprint density at radius 1 is 0.690 bits per heavy atom. The fraction of sp³-hybridized carbons (Fsp3) is 0.455. The summed E-state index contributed by atoms with van der Waals surface area (Å²) in [6.45, 7) is 6.16. The van der Waals surface area contributed by atoms with Crippen LogP contribution in [0.1, 0.15) is 11.1 Å². The summed E-state index contributed by atoms with van der Waals surface area (Å²) in [4.78, 5) is 5.06. The minimum absolute atomic E-state index is 0.349. The largest absolute Gasteiger partial charge is 0.379 e. The highest BCUT2D eigenvalue weighted by atomic mass is 16.5. The van der Waals surface area contributed by atoms with E-state index in [4.69, 9.17) is 19.7 Å². The fourth-order valence-electron chi connectivity index (χ4n) is 2.78. The lowest BCUT2D eigenvalue weighted by Crippen LogP contribution is -2.27. The number of azide groups is 1. The highest BCUT2D eigenvalue weighted by Crippen LogP contribution is 2.09. The lowest BCUT2D eigenvalue weighted by molar-refractivity contribution is 0.0110. The average Bonchev–Trinajstić information content (AvgIpc) is 2.76. The van der Waals surface area contributed by atoms with E-state index in [9.17, 15) is 0 Å². The molecule has 0 unspecified atom stereocenters. The highest BCUT2D eigenvalue weighted by Gasteiger charge is 2.07. The second-order valence-corrected chi connectivity index (χ2v) is 6.47. The minimum Gasteiger partial charge on any atom is -0.379 e. The van der Waals surface area contributed by atoms with Gasteiger partial charge in [-0.1, -0.05) is 65.8 Å². The lowest BCUT2D eigenvalue weighted by Gasteiger charge is -2.22. The Hall–Kier alpha value is -2.41. The van der Waals surface area contributed by atoms with Crippen molar-refractivity contribution in [2.75, 3.05) is 52.7 Å². The molecule has 0 atom stereocenters. The van der Waals surface area contributed by atoms with Crippen molar-refractivity contribution in [2.24, 2.45) is 5.11 Å². The summed E-state index contributed by atoms with van der Waals surface area (Å²) in [6, 6.07) is 21.0. The van der Waals surface area contributed by atoms with Gasteiger partial charge in [-0.3, -0.25) is 4.90 Å². The van der Waals surface area contributed by atoms with Crippen LogP contribution < -0.4 is 0 Å². The molecule has 0 fully saturated rings. The molecule has 0 heterocycles. The van der Waals surface area contributed by atoms with Gasteiger partial charge in [-0.25, -0.2) is 0 Å². The van der Waals surface area contributed by atoms with Crippen molar-refractivity contribution >= 4 is 0 Å². The molecule has 0 spiro atoms. The Balaban J connectivity index is 1.60. The maximum atomic E-state index is 8.15. The van der Waals surface area contributed by atoms with Crippen molar-refractivity contribution in [1.29, 1.82) is 0 Å². The molecule has 0 N–H and O–H groups in total. The van der Waals surface area contributed by atoms with E-state index >= 15 is 0 Å². The first-order chi connectivity index (χ1) is 14.4. The van der Waals surface area contributed by atoms with E-state index in [-0.39, 0.29) is 0 Å². The molecule has 2 rings (SSSR count). The summed E-state index contributed by atoms with van der Waals surface area (Å²) in [6.07, 6.45) is 0. The standard InChI is InChI=1S/C22H30N4O3/c23-25-24-11-13-27-15-17-29-18-16-28-14-12-26(19-21-7-3-1-4-8-21)20-22-9-5-2-6-10-22/h1-10H,11-20H2. The van der Waals surface area contributed by atoms with E-state index in [0.717, 1.165) is 19.6 Å². The van der Waals surface area contributed by atoms with E-state index in [0.29, 0.717) is 46.2 Å². The van der Waals surface area contributed by atoms with Gasteiger partial charge in [0.05, 0.1) is 39.6 Å². The number of rotatable bonds is 16. The number of benzene rings is 2. The molecule has 2 aromatic carbocycles. The lowest BCUT2D eigenvalue weighted by atomic mass is 10.1. The van der Waals surface area contributed by atoms with Crippen LogP contribution in [0.15, 0.2) is 65.8 Å². The summed E-state index contributed by atoms with van der Waals surface area (Å²) in [7, 11) is 0. The molecule has 2 aromatic rings. The highest BCUT2D eigenvalue weighted by molar-refractivity contribution is 5.17. The number of nitrogens with zero attached hydrogens (tertiary/aromatic N) is 4. The van der Waals surface area contributed by atoms with Gasteiger partial charge in [0.25, 0.3) is 0 Å². The predicted octanol–water partition coefficient (Wildman–Crippen LogP) is 4.05. The summed E-state index contributed by atoms with van der Waals surface area (Å²) in [5, 5.41) is 3.40. The Kier molecular flexibility index (Phi) is 12.2. The van der Waals surface area contributed by atoms with Crippen molar-refractivity contribution in [3.05, 3.63) is 82.2 Å². The normalized spacial score (nSPS) is 10.8. The van der Waals surface area contributed by atoms with Crippen LogP contribution in [-0.2, 0) is 27.3 Å². The number of hydrogen-bond acceptors (Lipinski definition) is 5. The van der Waals surface area contributed by atoms with Crippen molar-refractivity contribution in [2.45, 2.75) is 13.1 Å². The van der Waals surface area contributed by atoms with Crippen molar-refractivity contribution in [3.8, 4) is 0 Å². The van der Waals surface area contributed by atoms with Crippen molar-refractivity contribution in [3.63, 3.8) is 0 Å². The predicted molar refractivity (Wildman–Crippen MR) is 113 cm³/mol. The van der Waals surface area contributed by atoms with Crippen LogP contribution in [-0.4, -0.2) is 57.6 Å². The van der Waals surface area contributed by atoms with E-state index < -0.39 is 0 Å². The van der Waals surface area contributed by atoms with E-state index in [1.165, 1.54) is 11.1 Å². The zero-order chi connectivity index (χ0) is 20.4. The van der Waals surface area contributed by atoms with Gasteiger partial charge in [-0.15, -0.1) is 0 Å².